The second kappa shape index (κ2) is 18.7. The molecule has 304 valence electrons. The van der Waals surface area contributed by atoms with Crippen molar-refractivity contribution in [2.75, 3.05) is 9.80 Å². The first-order valence-electron chi connectivity index (χ1n) is 21.5. The highest BCUT2D eigenvalue weighted by Gasteiger charge is 2.33. The molecule has 0 aromatic heterocycles. The summed E-state index contributed by atoms with van der Waals surface area (Å²) in [6, 6.07) is 36.5. The maximum absolute atomic E-state index is 3.93. The number of hydrogen-bond donors (Lipinski definition) is 0. The highest BCUT2D eigenvalue weighted by Crippen LogP contribution is 2.45. The van der Waals surface area contributed by atoms with Gasteiger partial charge in [0.1, 0.15) is 0 Å². The largest absolute Gasteiger partial charge is 0.311 e. The summed E-state index contributed by atoms with van der Waals surface area (Å²) < 4.78 is 0. The molecule has 0 bridgehead atoms. The van der Waals surface area contributed by atoms with E-state index >= 15 is 0 Å². The zero-order valence-corrected chi connectivity index (χ0v) is 37.4. The summed E-state index contributed by atoms with van der Waals surface area (Å²) in [4.78, 5) is 4.84. The fourth-order valence-electron chi connectivity index (χ4n) is 8.78. The lowest BCUT2D eigenvalue weighted by Gasteiger charge is -2.37. The summed E-state index contributed by atoms with van der Waals surface area (Å²) in [5.41, 5.74) is 10.9. The number of benzene rings is 4. The van der Waals surface area contributed by atoms with Crippen LogP contribution in [0.25, 0.3) is 0 Å². The molecule has 1 aliphatic carbocycles. The van der Waals surface area contributed by atoms with Gasteiger partial charge in [-0.15, -0.1) is 0 Å². The summed E-state index contributed by atoms with van der Waals surface area (Å²) in [5.74, 6) is 0.525. The Morgan fingerprint density at radius 1 is 0.603 bits per heavy atom. The third kappa shape index (κ3) is 10.7. The van der Waals surface area contributed by atoms with E-state index in [0.717, 1.165) is 54.9 Å². The molecular formula is C56H70N2. The fraction of sp³-hybridized carbons (Fsp3) is 0.357. The highest BCUT2D eigenvalue weighted by atomic mass is 15.2. The van der Waals surface area contributed by atoms with E-state index in [1.807, 2.05) is 12.2 Å². The average Bonchev–Trinajstić information content (AvgIpc) is 3.21. The normalized spacial score (nSPS) is 16.8. The van der Waals surface area contributed by atoms with Crippen LogP contribution in [0.4, 0.5) is 28.4 Å². The van der Waals surface area contributed by atoms with Crippen LogP contribution in [0.1, 0.15) is 111 Å². The van der Waals surface area contributed by atoms with E-state index < -0.39 is 0 Å². The molecule has 0 N–H and O–H groups in total. The molecule has 2 heteroatoms. The number of rotatable bonds is 18. The molecule has 0 radical (unpaired) electrons. The van der Waals surface area contributed by atoms with Crippen LogP contribution in [0.15, 0.2) is 171 Å². The minimum absolute atomic E-state index is 0.0395. The summed E-state index contributed by atoms with van der Waals surface area (Å²) in [5, 5.41) is 0. The summed E-state index contributed by atoms with van der Waals surface area (Å²) >= 11 is 0. The van der Waals surface area contributed by atoms with Crippen molar-refractivity contribution < 1.29 is 0 Å². The molecule has 0 spiro atoms. The van der Waals surface area contributed by atoms with Gasteiger partial charge in [-0.2, -0.15) is 0 Å². The van der Waals surface area contributed by atoms with Crippen LogP contribution in [-0.2, 0) is 10.8 Å². The van der Waals surface area contributed by atoms with Crippen LogP contribution >= 0.6 is 0 Å². The summed E-state index contributed by atoms with van der Waals surface area (Å²) in [6.07, 6.45) is 24.9. The Kier molecular flexibility index (Phi) is 14.2. The standard InChI is InChI=1S/C56H70N2/c1-13-17-37-55(11,15-3)41-53(7,8)45-21-19-23-51(39-45)57(47-29-25-43(5)26-30-47)49-33-35-50(36-34-49)58(48-31-27-44(6)28-32-48)52-24-20-22-46(40-52)54(9,10)42-56(12,16-4)38-18-14-2/h13-14,17-27,29-40,44H,1-2,15-16,28,41-42H2,3-12H3/b37-17+,38-18+. The van der Waals surface area contributed by atoms with Crippen LogP contribution < -0.4 is 9.80 Å². The topological polar surface area (TPSA) is 6.48 Å². The van der Waals surface area contributed by atoms with Crippen LogP contribution in [0.2, 0.25) is 0 Å². The molecule has 0 aliphatic heterocycles. The molecule has 58 heavy (non-hydrogen) atoms. The molecule has 2 nitrogen and oxygen atoms in total. The zero-order chi connectivity index (χ0) is 42.1. The van der Waals surface area contributed by atoms with E-state index in [9.17, 15) is 0 Å². The van der Waals surface area contributed by atoms with E-state index in [1.54, 1.807) is 0 Å². The summed E-state index contributed by atoms with van der Waals surface area (Å²) in [6.45, 7) is 31.2. The lowest BCUT2D eigenvalue weighted by atomic mass is 9.69. The van der Waals surface area contributed by atoms with Gasteiger partial charge in [0.15, 0.2) is 0 Å². The van der Waals surface area contributed by atoms with Crippen LogP contribution in [0, 0.1) is 23.7 Å². The van der Waals surface area contributed by atoms with Gasteiger partial charge < -0.3 is 9.80 Å². The molecule has 0 amide bonds. The molecular weight excluding hydrogens is 701 g/mol. The lowest BCUT2D eigenvalue weighted by molar-refractivity contribution is 0.286. The molecule has 0 heterocycles. The SMILES string of the molecule is C=C/C=C/C(C)(CC)CC(C)(C)c1cccc(N(C2=CCC(C)C=C2)c2ccc(N(c3ccc(C)cc3)c3cccc(C(C)(C)CC(C)(/C=C/C=C)CC)c3)cc2)c1. The number of nitrogens with zero attached hydrogens (tertiary/aromatic N) is 2. The molecule has 0 saturated carbocycles. The predicted octanol–water partition coefficient (Wildman–Crippen LogP) is 16.7. The van der Waals surface area contributed by atoms with Gasteiger partial charge in [-0.05, 0) is 144 Å². The van der Waals surface area contributed by atoms with Crippen molar-refractivity contribution >= 4 is 28.4 Å². The van der Waals surface area contributed by atoms with Crippen LogP contribution in [0.3, 0.4) is 0 Å². The van der Waals surface area contributed by atoms with Gasteiger partial charge in [0.25, 0.3) is 0 Å². The molecule has 3 unspecified atom stereocenters. The fourth-order valence-corrected chi connectivity index (χ4v) is 8.78. The zero-order valence-electron chi connectivity index (χ0n) is 37.4. The van der Waals surface area contributed by atoms with Gasteiger partial charge in [0.2, 0.25) is 0 Å². The third-order valence-corrected chi connectivity index (χ3v) is 12.6. The Balaban J connectivity index is 1.57. The van der Waals surface area contributed by atoms with Crippen molar-refractivity contribution in [2.45, 2.75) is 112 Å². The van der Waals surface area contributed by atoms with Crippen molar-refractivity contribution in [3.8, 4) is 0 Å². The minimum atomic E-state index is -0.0467. The van der Waals surface area contributed by atoms with Gasteiger partial charge >= 0.3 is 0 Å². The second-order valence-electron chi connectivity index (χ2n) is 18.7. The first-order valence-corrected chi connectivity index (χ1v) is 21.5. The molecule has 1 aliphatic rings. The van der Waals surface area contributed by atoms with Crippen molar-refractivity contribution in [1.29, 1.82) is 0 Å². The molecule has 3 atom stereocenters. The second-order valence-corrected chi connectivity index (χ2v) is 18.7. The Morgan fingerprint density at radius 3 is 1.45 bits per heavy atom. The number of allylic oxidation sites excluding steroid dienone is 9. The quantitative estimate of drug-likeness (QED) is 0.0930. The Morgan fingerprint density at radius 2 is 1.03 bits per heavy atom. The Labute approximate surface area is 353 Å². The molecule has 4 aromatic carbocycles. The highest BCUT2D eigenvalue weighted by molar-refractivity contribution is 5.79. The van der Waals surface area contributed by atoms with Crippen LogP contribution in [-0.4, -0.2) is 0 Å². The molecule has 5 rings (SSSR count). The van der Waals surface area contributed by atoms with Crippen LogP contribution in [0.5, 0.6) is 0 Å². The first kappa shape index (κ1) is 44.0. The number of aryl methyl sites for hydroxylation is 1. The molecule has 4 aromatic rings. The van der Waals surface area contributed by atoms with Crippen molar-refractivity contribution in [3.05, 3.63) is 187 Å². The van der Waals surface area contributed by atoms with Crippen molar-refractivity contribution in [2.24, 2.45) is 16.7 Å². The minimum Gasteiger partial charge on any atom is -0.311 e. The van der Waals surface area contributed by atoms with E-state index in [0.29, 0.717) is 5.92 Å². The van der Waals surface area contributed by atoms with Gasteiger partial charge in [0, 0.05) is 34.1 Å². The van der Waals surface area contributed by atoms with E-state index in [1.165, 1.54) is 28.1 Å². The van der Waals surface area contributed by atoms with Crippen molar-refractivity contribution in [3.63, 3.8) is 0 Å². The monoisotopic (exact) mass is 771 g/mol. The smallest absolute Gasteiger partial charge is 0.0464 e. The van der Waals surface area contributed by atoms with Gasteiger partial charge in [0.05, 0.1) is 0 Å². The van der Waals surface area contributed by atoms with E-state index in [-0.39, 0.29) is 21.7 Å². The molecule has 0 saturated heterocycles. The maximum Gasteiger partial charge on any atom is 0.0464 e. The van der Waals surface area contributed by atoms with E-state index in [4.69, 9.17) is 0 Å². The van der Waals surface area contributed by atoms with Gasteiger partial charge in [-0.3, -0.25) is 0 Å². The molecule has 0 fully saturated rings. The Hall–Kier alpha value is -5.08. The number of hydrogen-bond acceptors (Lipinski definition) is 2. The predicted molar refractivity (Wildman–Crippen MR) is 256 cm³/mol. The lowest BCUT2D eigenvalue weighted by Crippen LogP contribution is -2.27. The van der Waals surface area contributed by atoms with Gasteiger partial charge in [-0.1, -0.05) is 166 Å². The van der Waals surface area contributed by atoms with Crippen molar-refractivity contribution in [1.82, 2.24) is 0 Å². The van der Waals surface area contributed by atoms with E-state index in [2.05, 4.69) is 232 Å². The third-order valence-electron chi connectivity index (χ3n) is 12.6. The number of anilines is 5. The average molecular weight is 771 g/mol. The maximum atomic E-state index is 3.93. The summed E-state index contributed by atoms with van der Waals surface area (Å²) in [7, 11) is 0. The first-order chi connectivity index (χ1) is 27.6. The Bertz CT molecular complexity index is 2120. The van der Waals surface area contributed by atoms with Gasteiger partial charge in [-0.25, -0.2) is 0 Å².